The van der Waals surface area contributed by atoms with Crippen molar-refractivity contribution >= 4 is 127 Å². The van der Waals surface area contributed by atoms with Crippen LogP contribution in [0.3, 0.4) is 0 Å². The molecule has 4 heterocycles. The molecule has 8 aromatic carbocycles. The molecule has 5 nitrogen and oxygen atoms in total. The van der Waals surface area contributed by atoms with Crippen LogP contribution in [0.15, 0.2) is 170 Å². The Morgan fingerprint density at radius 3 is 0.584 bits per heavy atom. The second kappa shape index (κ2) is 26.9. The van der Waals surface area contributed by atoms with Gasteiger partial charge in [-0.2, -0.15) is 52.7 Å². The fourth-order valence-corrected chi connectivity index (χ4v) is 11.3. The third kappa shape index (κ3) is 15.2. The third-order valence-electron chi connectivity index (χ3n) is 10.5. The van der Waals surface area contributed by atoms with Crippen molar-refractivity contribution < 1.29 is 154 Å². The predicted octanol–water partition coefficient (Wildman–Crippen LogP) is 6.19. The molecule has 77 heavy (non-hydrogen) atoms. The lowest BCUT2D eigenvalue weighted by molar-refractivity contribution is -0.137. The summed E-state index contributed by atoms with van der Waals surface area (Å²) in [5.41, 5.74) is -0.269. The van der Waals surface area contributed by atoms with Crippen LogP contribution in [-0.2, 0) is 24.7 Å². The molecule has 0 saturated carbocycles. The number of alkyl halides is 12. The van der Waals surface area contributed by atoms with Crippen molar-refractivity contribution in [3.05, 3.63) is 192 Å². The van der Waals surface area contributed by atoms with Crippen LogP contribution in [0.25, 0.3) is 81.7 Å². The molecule has 0 aliphatic rings. The predicted molar refractivity (Wildman–Crippen MR) is 270 cm³/mol. The van der Waals surface area contributed by atoms with Crippen molar-refractivity contribution in [2.45, 2.75) is 24.7 Å². The van der Waals surface area contributed by atoms with Crippen LogP contribution < -0.4 is 95.9 Å². The zero-order chi connectivity index (χ0) is 51.0. The first-order valence-electron chi connectivity index (χ1n) is 21.0. The average molecular weight is 1590 g/mol. The number of hydrogen-bond donors (Lipinski definition) is 0. The summed E-state index contributed by atoms with van der Waals surface area (Å²) in [5.74, 6) is 0. The number of benzene rings is 8. The van der Waals surface area contributed by atoms with Crippen LogP contribution in [0, 0.1) is 0 Å². The lowest BCUT2D eigenvalue weighted by Crippen LogP contribution is -3.00. The number of fused-ring (bicyclic) bond motifs is 8. The van der Waals surface area contributed by atoms with Gasteiger partial charge in [-0.1, -0.05) is 72.8 Å². The first-order valence-corrected chi connectivity index (χ1v) is 24.2. The fraction of sp³-hybridized carbons (Fsp3) is 0.0769. The maximum atomic E-state index is 12.9. The smallest absolute Gasteiger partial charge is 0.418 e. The van der Waals surface area contributed by atoms with E-state index in [0.717, 1.165) is 43.1 Å². The molecule has 0 amide bonds. The molecule has 12 rings (SSSR count). The zero-order valence-electron chi connectivity index (χ0n) is 38.1. The number of halogens is 16. The lowest BCUT2D eigenvalue weighted by Gasteiger charge is -2.06. The topological polar surface area (TPSA) is 83.1 Å². The number of nitrogens with zero attached hydrogens (tertiary/aromatic N) is 4. The molecule has 0 atom stereocenters. The van der Waals surface area contributed by atoms with Crippen LogP contribution in [-0.4, -0.2) is 25.4 Å². The standard InChI is InChI=1S/4C13H7F3NS.4HI.H2O/c4*14-13(15,16)8-4-3-7-11-12(8)17-9-5-1-2-6-10(9)18-11;;;;;/h4*1-7H;4*1H;1H2/q4*+1;;;;;/p-4. The summed E-state index contributed by atoms with van der Waals surface area (Å²) in [7, 11) is 0. The minimum Gasteiger partial charge on any atom is -1.00 e. The average Bonchev–Trinajstić information content (AvgIpc) is 3.34. The molecule has 0 spiro atoms. The second-order valence-electron chi connectivity index (χ2n) is 15.3. The van der Waals surface area contributed by atoms with E-state index in [0.29, 0.717) is 40.9 Å². The monoisotopic (exact) mass is 1590 g/mol. The lowest BCUT2D eigenvalue weighted by atomic mass is 10.2. The van der Waals surface area contributed by atoms with E-state index < -0.39 is 47.0 Å². The van der Waals surface area contributed by atoms with Crippen molar-refractivity contribution in [1.29, 1.82) is 0 Å². The van der Waals surface area contributed by atoms with Gasteiger partial charge >= 0.3 is 24.7 Å². The summed E-state index contributed by atoms with van der Waals surface area (Å²) in [4.78, 5) is 16.5. The SMILES string of the molecule is FC(F)(F)c1cccc2[s+]c3ccccc3nc12.FC(F)(F)c1cccc2[s+]c3ccccc3nc12.FC(F)(F)c1cccc2[s+]c3ccccc3nc12.FC(F)(F)c1cccc2[s+]c3ccccc3nc12.O.[I-].[I-].[I-].[I-]. The van der Waals surface area contributed by atoms with Crippen LogP contribution in [0.4, 0.5) is 52.7 Å². The maximum Gasteiger partial charge on any atom is 0.418 e. The molecule has 12 aromatic rings. The molecule has 4 aromatic heterocycles. The van der Waals surface area contributed by atoms with Gasteiger partial charge in [0.15, 0.2) is 0 Å². The zero-order valence-corrected chi connectivity index (χ0v) is 50.0. The van der Waals surface area contributed by atoms with E-state index in [-0.39, 0.29) is 123 Å². The van der Waals surface area contributed by atoms with Gasteiger partial charge < -0.3 is 101 Å². The van der Waals surface area contributed by atoms with Gasteiger partial charge in [0.2, 0.25) is 45.3 Å². The van der Waals surface area contributed by atoms with E-state index in [1.54, 1.807) is 72.8 Å². The highest BCUT2D eigenvalue weighted by atomic mass is 127. The van der Waals surface area contributed by atoms with E-state index in [2.05, 4.69) is 19.9 Å². The van der Waals surface area contributed by atoms with Crippen LogP contribution in [0.2, 0.25) is 0 Å². The van der Waals surface area contributed by atoms with Crippen LogP contribution >= 0.6 is 45.3 Å². The Morgan fingerprint density at radius 1 is 0.234 bits per heavy atom. The summed E-state index contributed by atoms with van der Waals surface area (Å²) in [6.45, 7) is 0. The molecule has 0 bridgehead atoms. The summed E-state index contributed by atoms with van der Waals surface area (Å²) in [6, 6.07) is 45.3. The minimum atomic E-state index is -4.37. The van der Waals surface area contributed by atoms with Gasteiger partial charge in [-0.05, 0) is 48.5 Å². The van der Waals surface area contributed by atoms with E-state index in [9.17, 15) is 52.7 Å². The van der Waals surface area contributed by atoms with Crippen molar-refractivity contribution in [2.75, 3.05) is 0 Å². The Kier molecular flexibility index (Phi) is 22.8. The molecule has 0 aliphatic heterocycles. The van der Waals surface area contributed by atoms with Crippen molar-refractivity contribution in [2.24, 2.45) is 0 Å². The van der Waals surface area contributed by atoms with Crippen molar-refractivity contribution in [1.82, 2.24) is 19.9 Å². The Labute approximate surface area is 512 Å². The highest BCUT2D eigenvalue weighted by Gasteiger charge is 2.38. The Morgan fingerprint density at radius 2 is 0.403 bits per heavy atom. The van der Waals surface area contributed by atoms with Gasteiger partial charge in [-0.25, -0.2) is 19.9 Å². The Bertz CT molecular complexity index is 3490. The van der Waals surface area contributed by atoms with Gasteiger partial charge in [0.05, 0.1) is 22.3 Å². The fourth-order valence-electron chi connectivity index (χ4n) is 7.29. The van der Waals surface area contributed by atoms with Crippen molar-refractivity contribution in [3.63, 3.8) is 0 Å². The van der Waals surface area contributed by atoms with Crippen LogP contribution in [0.5, 0.6) is 0 Å². The largest absolute Gasteiger partial charge is 1.00 e. The van der Waals surface area contributed by atoms with E-state index >= 15 is 0 Å². The maximum absolute atomic E-state index is 12.9. The van der Waals surface area contributed by atoms with Gasteiger partial charge in [-0.3, -0.25) is 0 Å². The van der Waals surface area contributed by atoms with E-state index in [1.165, 1.54) is 69.6 Å². The van der Waals surface area contributed by atoms with E-state index in [4.69, 9.17) is 0 Å². The van der Waals surface area contributed by atoms with Crippen molar-refractivity contribution in [3.8, 4) is 0 Å². The number of hydrogen-bond acceptors (Lipinski definition) is 4. The molecular weight excluding hydrogens is 1560 g/mol. The highest BCUT2D eigenvalue weighted by Crippen LogP contribution is 2.40. The third-order valence-corrected chi connectivity index (χ3v) is 14.9. The highest BCUT2D eigenvalue weighted by molar-refractivity contribution is 7.25. The molecule has 2 N–H and O–H groups in total. The molecular formula is C52H30F12I4N4OS4. The molecule has 0 unspecified atom stereocenters. The Hall–Kier alpha value is -4.12. The molecule has 0 aliphatic carbocycles. The minimum absolute atomic E-state index is 0. The summed E-state index contributed by atoms with van der Waals surface area (Å²) >= 11 is 5.28. The summed E-state index contributed by atoms with van der Waals surface area (Å²) in [6.07, 6.45) is -17.5. The number of aromatic nitrogens is 4. The van der Waals surface area contributed by atoms with Gasteiger partial charge in [-0.15, -0.1) is 0 Å². The second-order valence-corrected chi connectivity index (χ2v) is 19.7. The summed E-state index contributed by atoms with van der Waals surface area (Å²) < 4.78 is 160. The number of para-hydroxylation sites is 8. The first kappa shape index (κ1) is 65.4. The first-order chi connectivity index (χ1) is 34.2. The van der Waals surface area contributed by atoms with E-state index in [1.807, 2.05) is 48.5 Å². The quantitative estimate of drug-likeness (QED) is 0.0786. The van der Waals surface area contributed by atoms with Gasteiger partial charge in [0, 0.05) is 48.5 Å². The van der Waals surface area contributed by atoms with Gasteiger partial charge in [0.25, 0.3) is 37.6 Å². The summed E-state index contributed by atoms with van der Waals surface area (Å²) in [5, 5.41) is 0. The molecule has 0 fully saturated rings. The van der Waals surface area contributed by atoms with Gasteiger partial charge in [0.1, 0.15) is 44.1 Å². The van der Waals surface area contributed by atoms with Crippen LogP contribution in [0.1, 0.15) is 22.3 Å². The molecule has 25 heteroatoms. The molecule has 0 saturated heterocycles. The molecule has 400 valence electrons. The Balaban J connectivity index is 0.000000217. The molecule has 0 radical (unpaired) electrons. The normalized spacial score (nSPS) is 11.4. The number of rotatable bonds is 0.